The first-order valence-corrected chi connectivity index (χ1v) is 6.62. The Balaban J connectivity index is 1.88. The van der Waals surface area contributed by atoms with Gasteiger partial charge in [-0.3, -0.25) is 4.79 Å². The molecule has 0 unspecified atom stereocenters. The number of carbonyl (C=O) groups excluding carboxylic acids is 1. The summed E-state index contributed by atoms with van der Waals surface area (Å²) < 4.78 is 5.65. The molecular formula is C14H24O2. The molecule has 0 spiro atoms. The topological polar surface area (TPSA) is 26.3 Å². The van der Waals surface area contributed by atoms with Crippen molar-refractivity contribution in [2.75, 3.05) is 0 Å². The summed E-state index contributed by atoms with van der Waals surface area (Å²) in [5.41, 5.74) is 0.117. The summed E-state index contributed by atoms with van der Waals surface area (Å²) in [6.07, 6.45) is 7.89. The Labute approximate surface area is 98.7 Å². The quantitative estimate of drug-likeness (QED) is 0.683. The number of hydrogen-bond acceptors (Lipinski definition) is 2. The Morgan fingerprint density at radius 1 is 1.25 bits per heavy atom. The van der Waals surface area contributed by atoms with E-state index in [1.807, 2.05) is 0 Å². The molecule has 2 nitrogen and oxygen atoms in total. The molecule has 0 aromatic heterocycles. The molecule has 2 saturated carbocycles. The molecule has 0 aromatic rings. The molecule has 0 saturated heterocycles. The van der Waals surface area contributed by atoms with Gasteiger partial charge in [-0.1, -0.05) is 20.8 Å². The highest BCUT2D eigenvalue weighted by molar-refractivity contribution is 5.80. The van der Waals surface area contributed by atoms with Gasteiger partial charge in [0.15, 0.2) is 0 Å². The number of esters is 1. The van der Waals surface area contributed by atoms with E-state index in [9.17, 15) is 4.79 Å². The zero-order valence-corrected chi connectivity index (χ0v) is 10.8. The van der Waals surface area contributed by atoms with E-state index in [1.165, 1.54) is 12.8 Å². The SMILES string of the molecule is CC(C)(C)CC1(C(=O)OC2CCCC2)CC1. The number of carbonyl (C=O) groups is 1. The van der Waals surface area contributed by atoms with Gasteiger partial charge in [0.05, 0.1) is 5.41 Å². The van der Waals surface area contributed by atoms with Crippen LogP contribution in [0.5, 0.6) is 0 Å². The number of rotatable bonds is 3. The lowest BCUT2D eigenvalue weighted by atomic mass is 9.82. The third-order valence-electron chi connectivity index (χ3n) is 3.73. The number of ether oxygens (including phenoxy) is 1. The normalized spacial score (nSPS) is 24.4. The van der Waals surface area contributed by atoms with E-state index in [0.717, 1.165) is 32.1 Å². The van der Waals surface area contributed by atoms with Gasteiger partial charge in [0.1, 0.15) is 6.10 Å². The Bertz CT molecular complexity index is 265. The van der Waals surface area contributed by atoms with Crippen molar-refractivity contribution in [3.63, 3.8) is 0 Å². The van der Waals surface area contributed by atoms with Crippen molar-refractivity contribution >= 4 is 5.97 Å². The Hall–Kier alpha value is -0.530. The summed E-state index contributed by atoms with van der Waals surface area (Å²) in [5, 5.41) is 0. The fourth-order valence-electron chi connectivity index (χ4n) is 2.90. The van der Waals surface area contributed by atoms with Gasteiger partial charge in [0, 0.05) is 0 Å². The molecule has 0 amide bonds. The van der Waals surface area contributed by atoms with Crippen molar-refractivity contribution in [3.8, 4) is 0 Å². The first kappa shape index (κ1) is 11.9. The summed E-state index contributed by atoms with van der Waals surface area (Å²) in [5.74, 6) is 0.0920. The summed E-state index contributed by atoms with van der Waals surface area (Å²) in [4.78, 5) is 12.1. The van der Waals surface area contributed by atoms with Gasteiger partial charge in [0.25, 0.3) is 0 Å². The molecule has 2 heteroatoms. The zero-order chi connectivity index (χ0) is 11.8. The molecule has 0 N–H and O–H groups in total. The second-order valence-corrected chi connectivity index (χ2v) is 6.83. The fourth-order valence-corrected chi connectivity index (χ4v) is 2.90. The third kappa shape index (κ3) is 2.78. The van der Waals surface area contributed by atoms with Gasteiger partial charge < -0.3 is 4.74 Å². The second kappa shape index (κ2) is 4.05. The summed E-state index contributed by atoms with van der Waals surface area (Å²) in [6, 6.07) is 0. The van der Waals surface area contributed by atoms with E-state index in [2.05, 4.69) is 20.8 Å². The van der Waals surface area contributed by atoms with E-state index < -0.39 is 0 Å². The fraction of sp³-hybridized carbons (Fsp3) is 0.929. The van der Waals surface area contributed by atoms with Crippen molar-refractivity contribution < 1.29 is 9.53 Å². The molecular weight excluding hydrogens is 200 g/mol. The molecule has 2 aliphatic rings. The predicted molar refractivity (Wildman–Crippen MR) is 64.1 cm³/mol. The average Bonchev–Trinajstić information content (AvgIpc) is 2.74. The molecule has 2 aliphatic carbocycles. The smallest absolute Gasteiger partial charge is 0.312 e. The first-order valence-electron chi connectivity index (χ1n) is 6.62. The lowest BCUT2D eigenvalue weighted by Gasteiger charge is -2.25. The van der Waals surface area contributed by atoms with Gasteiger partial charge in [0.2, 0.25) is 0 Å². The molecule has 16 heavy (non-hydrogen) atoms. The summed E-state index contributed by atoms with van der Waals surface area (Å²) >= 11 is 0. The second-order valence-electron chi connectivity index (χ2n) is 6.83. The lowest BCUT2D eigenvalue weighted by molar-refractivity contribution is -0.156. The standard InChI is InChI=1S/C14H24O2/c1-13(2,3)10-14(8-9-14)12(15)16-11-6-4-5-7-11/h11H,4-10H2,1-3H3. The summed E-state index contributed by atoms with van der Waals surface area (Å²) in [6.45, 7) is 6.61. The Morgan fingerprint density at radius 3 is 2.25 bits per heavy atom. The van der Waals surface area contributed by atoms with Crippen LogP contribution in [0.4, 0.5) is 0 Å². The van der Waals surface area contributed by atoms with E-state index in [1.54, 1.807) is 0 Å². The maximum absolute atomic E-state index is 12.1. The van der Waals surface area contributed by atoms with Crippen LogP contribution >= 0.6 is 0 Å². The zero-order valence-electron chi connectivity index (χ0n) is 10.8. The Morgan fingerprint density at radius 2 is 1.81 bits per heavy atom. The molecule has 0 bridgehead atoms. The molecule has 2 rings (SSSR count). The van der Waals surface area contributed by atoms with Gasteiger partial charge in [-0.05, 0) is 50.4 Å². The Kier molecular flexibility index (Phi) is 3.02. The van der Waals surface area contributed by atoms with Crippen LogP contribution in [0.25, 0.3) is 0 Å². The molecule has 0 radical (unpaired) electrons. The summed E-state index contributed by atoms with van der Waals surface area (Å²) in [7, 11) is 0. The van der Waals surface area contributed by atoms with Crippen LogP contribution in [-0.2, 0) is 9.53 Å². The van der Waals surface area contributed by atoms with Crippen molar-refractivity contribution in [1.29, 1.82) is 0 Å². The highest BCUT2D eigenvalue weighted by Crippen LogP contribution is 2.54. The van der Waals surface area contributed by atoms with Gasteiger partial charge in [-0.2, -0.15) is 0 Å². The van der Waals surface area contributed by atoms with Crippen molar-refractivity contribution in [3.05, 3.63) is 0 Å². The predicted octanol–water partition coefficient (Wildman–Crippen LogP) is 3.69. The van der Waals surface area contributed by atoms with Crippen molar-refractivity contribution in [1.82, 2.24) is 0 Å². The number of hydrogen-bond donors (Lipinski definition) is 0. The van der Waals surface area contributed by atoms with E-state index in [0.29, 0.717) is 0 Å². The molecule has 92 valence electrons. The first-order chi connectivity index (χ1) is 7.41. The molecule has 0 aliphatic heterocycles. The highest BCUT2D eigenvalue weighted by atomic mass is 16.5. The van der Waals surface area contributed by atoms with Crippen LogP contribution in [-0.4, -0.2) is 12.1 Å². The van der Waals surface area contributed by atoms with E-state index in [4.69, 9.17) is 4.74 Å². The van der Waals surface area contributed by atoms with Gasteiger partial charge in [-0.25, -0.2) is 0 Å². The van der Waals surface area contributed by atoms with Crippen LogP contribution in [0.1, 0.15) is 65.7 Å². The minimum atomic E-state index is -0.110. The van der Waals surface area contributed by atoms with Crippen LogP contribution < -0.4 is 0 Å². The molecule has 0 heterocycles. The van der Waals surface area contributed by atoms with E-state index >= 15 is 0 Å². The largest absolute Gasteiger partial charge is 0.462 e. The maximum Gasteiger partial charge on any atom is 0.312 e. The van der Waals surface area contributed by atoms with E-state index in [-0.39, 0.29) is 22.9 Å². The monoisotopic (exact) mass is 224 g/mol. The maximum atomic E-state index is 12.1. The molecule has 0 atom stereocenters. The highest BCUT2D eigenvalue weighted by Gasteiger charge is 2.53. The van der Waals surface area contributed by atoms with Crippen LogP contribution in [0, 0.1) is 10.8 Å². The van der Waals surface area contributed by atoms with Crippen LogP contribution in [0.15, 0.2) is 0 Å². The van der Waals surface area contributed by atoms with Crippen molar-refractivity contribution in [2.45, 2.75) is 71.8 Å². The lowest BCUT2D eigenvalue weighted by Crippen LogP contribution is -2.27. The van der Waals surface area contributed by atoms with Crippen LogP contribution in [0.2, 0.25) is 0 Å². The van der Waals surface area contributed by atoms with Crippen molar-refractivity contribution in [2.24, 2.45) is 10.8 Å². The van der Waals surface area contributed by atoms with Gasteiger partial charge in [-0.15, -0.1) is 0 Å². The molecule has 2 fully saturated rings. The van der Waals surface area contributed by atoms with Gasteiger partial charge >= 0.3 is 5.97 Å². The minimum absolute atomic E-state index is 0.0920. The molecule has 0 aromatic carbocycles. The third-order valence-corrected chi connectivity index (χ3v) is 3.73. The minimum Gasteiger partial charge on any atom is -0.462 e. The average molecular weight is 224 g/mol. The van der Waals surface area contributed by atoms with Crippen LogP contribution in [0.3, 0.4) is 0 Å².